The van der Waals surface area contributed by atoms with Gasteiger partial charge < -0.3 is 10.6 Å². The maximum atomic E-state index is 10.8. The lowest BCUT2D eigenvalue weighted by Crippen LogP contribution is -2.56. The van der Waals surface area contributed by atoms with Crippen LogP contribution in [-0.2, 0) is 0 Å². The number of aryl methyl sites for hydroxylation is 1. The molecule has 0 radical (unpaired) electrons. The molecule has 0 spiro atoms. The fraction of sp³-hybridized carbons (Fsp3) is 0.400. The van der Waals surface area contributed by atoms with Crippen LogP contribution in [0.5, 0.6) is 0 Å². The number of hydrogen-bond acceptors (Lipinski definition) is 4. The van der Waals surface area contributed by atoms with Crippen molar-refractivity contribution in [1.82, 2.24) is 0 Å². The third kappa shape index (κ3) is 1.66. The zero-order valence-electron chi connectivity index (χ0n) is 8.51. The predicted octanol–water partition coefficient (Wildman–Crippen LogP) is 1.05. The van der Waals surface area contributed by atoms with Crippen molar-refractivity contribution in [2.75, 3.05) is 18.0 Å². The van der Waals surface area contributed by atoms with Gasteiger partial charge >= 0.3 is 0 Å². The summed E-state index contributed by atoms with van der Waals surface area (Å²) in [6.45, 7) is 3.28. The molecule has 2 N–H and O–H groups in total. The molecule has 1 fully saturated rings. The van der Waals surface area contributed by atoms with Crippen molar-refractivity contribution >= 4 is 11.4 Å². The summed E-state index contributed by atoms with van der Waals surface area (Å²) in [4.78, 5) is 12.5. The maximum Gasteiger partial charge on any atom is 0.292 e. The molecule has 2 rings (SSSR count). The highest BCUT2D eigenvalue weighted by atomic mass is 16.6. The summed E-state index contributed by atoms with van der Waals surface area (Å²) >= 11 is 0. The van der Waals surface area contributed by atoms with Crippen LogP contribution < -0.4 is 10.6 Å². The Balaban J connectivity index is 2.39. The number of hydrogen-bond donors (Lipinski definition) is 1. The van der Waals surface area contributed by atoms with Crippen LogP contribution in [0.1, 0.15) is 5.56 Å². The number of nitrogens with zero attached hydrogens (tertiary/aromatic N) is 2. The average molecular weight is 207 g/mol. The lowest BCUT2D eigenvalue weighted by Gasteiger charge is -2.39. The van der Waals surface area contributed by atoms with Gasteiger partial charge in [0, 0.05) is 25.2 Å². The van der Waals surface area contributed by atoms with E-state index in [1.165, 1.54) is 6.07 Å². The van der Waals surface area contributed by atoms with Gasteiger partial charge in [0.15, 0.2) is 0 Å². The molecule has 1 aromatic rings. The molecule has 0 aliphatic carbocycles. The smallest absolute Gasteiger partial charge is 0.292 e. The fourth-order valence-corrected chi connectivity index (χ4v) is 1.90. The van der Waals surface area contributed by atoms with Crippen LogP contribution in [0.3, 0.4) is 0 Å². The minimum atomic E-state index is -0.341. The van der Waals surface area contributed by atoms with Crippen LogP contribution in [0.25, 0.3) is 0 Å². The van der Waals surface area contributed by atoms with Crippen molar-refractivity contribution in [3.05, 3.63) is 33.9 Å². The molecule has 1 aromatic carbocycles. The van der Waals surface area contributed by atoms with Crippen LogP contribution in [0.2, 0.25) is 0 Å². The van der Waals surface area contributed by atoms with Crippen LogP contribution in [0, 0.1) is 17.0 Å². The van der Waals surface area contributed by atoms with Gasteiger partial charge in [-0.1, -0.05) is 12.1 Å². The first-order valence-electron chi connectivity index (χ1n) is 4.84. The van der Waals surface area contributed by atoms with Crippen LogP contribution in [-0.4, -0.2) is 24.1 Å². The van der Waals surface area contributed by atoms with Crippen molar-refractivity contribution in [3.63, 3.8) is 0 Å². The number of nitro groups is 1. The van der Waals surface area contributed by atoms with E-state index in [0.29, 0.717) is 18.8 Å². The van der Waals surface area contributed by atoms with Gasteiger partial charge in [-0.05, 0) is 12.5 Å². The van der Waals surface area contributed by atoms with Gasteiger partial charge in [-0.3, -0.25) is 10.1 Å². The summed E-state index contributed by atoms with van der Waals surface area (Å²) in [6, 6.07) is 5.26. The Morgan fingerprint density at radius 2 is 2.20 bits per heavy atom. The van der Waals surface area contributed by atoms with Gasteiger partial charge in [-0.25, -0.2) is 0 Å². The predicted molar refractivity (Wildman–Crippen MR) is 58.0 cm³/mol. The first kappa shape index (κ1) is 9.92. The number of anilines is 1. The zero-order valence-corrected chi connectivity index (χ0v) is 8.51. The molecular formula is C10H13N3O2. The molecule has 1 aliphatic rings. The Morgan fingerprint density at radius 3 is 2.73 bits per heavy atom. The fourth-order valence-electron chi connectivity index (χ4n) is 1.90. The second-order valence-electron chi connectivity index (χ2n) is 3.86. The summed E-state index contributed by atoms with van der Waals surface area (Å²) in [5, 5.41) is 10.8. The quantitative estimate of drug-likeness (QED) is 0.581. The van der Waals surface area contributed by atoms with E-state index in [1.807, 2.05) is 17.9 Å². The standard InChI is InChI=1S/C10H13N3O2/c1-7-3-2-4-9(13(14)15)10(7)12-5-8(11)6-12/h2-4,8H,5-6,11H2,1H3. The number of benzene rings is 1. The maximum absolute atomic E-state index is 10.8. The normalized spacial score (nSPS) is 16.3. The highest BCUT2D eigenvalue weighted by Gasteiger charge is 2.29. The van der Waals surface area contributed by atoms with Crippen molar-refractivity contribution < 1.29 is 4.92 Å². The molecule has 0 aromatic heterocycles. The number of nitro benzene ring substituents is 1. The molecule has 0 atom stereocenters. The second-order valence-corrected chi connectivity index (χ2v) is 3.86. The molecule has 5 nitrogen and oxygen atoms in total. The van der Waals surface area contributed by atoms with Crippen molar-refractivity contribution in [3.8, 4) is 0 Å². The summed E-state index contributed by atoms with van der Waals surface area (Å²) < 4.78 is 0. The van der Waals surface area contributed by atoms with E-state index in [0.717, 1.165) is 5.56 Å². The number of para-hydroxylation sites is 1. The van der Waals surface area contributed by atoms with Gasteiger partial charge in [0.2, 0.25) is 0 Å². The van der Waals surface area contributed by atoms with E-state index in [9.17, 15) is 10.1 Å². The van der Waals surface area contributed by atoms with E-state index in [1.54, 1.807) is 6.07 Å². The van der Waals surface area contributed by atoms with E-state index in [2.05, 4.69) is 0 Å². The van der Waals surface area contributed by atoms with Gasteiger partial charge in [-0.2, -0.15) is 0 Å². The molecule has 1 saturated heterocycles. The summed E-state index contributed by atoms with van der Waals surface area (Å²) in [7, 11) is 0. The van der Waals surface area contributed by atoms with Crippen LogP contribution >= 0.6 is 0 Å². The first-order valence-corrected chi connectivity index (χ1v) is 4.84. The lowest BCUT2D eigenvalue weighted by molar-refractivity contribution is -0.384. The molecule has 15 heavy (non-hydrogen) atoms. The van der Waals surface area contributed by atoms with Crippen molar-refractivity contribution in [2.24, 2.45) is 5.73 Å². The van der Waals surface area contributed by atoms with E-state index in [-0.39, 0.29) is 16.7 Å². The molecule has 0 bridgehead atoms. The molecule has 0 unspecified atom stereocenters. The van der Waals surface area contributed by atoms with Gasteiger partial charge in [0.05, 0.1) is 4.92 Å². The molecule has 5 heteroatoms. The number of nitrogens with two attached hydrogens (primary N) is 1. The van der Waals surface area contributed by atoms with Crippen LogP contribution in [0.4, 0.5) is 11.4 Å². The topological polar surface area (TPSA) is 72.4 Å². The van der Waals surface area contributed by atoms with Crippen LogP contribution in [0.15, 0.2) is 18.2 Å². The second kappa shape index (κ2) is 3.51. The molecule has 1 aliphatic heterocycles. The van der Waals surface area contributed by atoms with E-state index in [4.69, 9.17) is 5.73 Å². The minimum Gasteiger partial charge on any atom is -0.363 e. The monoisotopic (exact) mass is 207 g/mol. The largest absolute Gasteiger partial charge is 0.363 e. The third-order valence-electron chi connectivity index (χ3n) is 2.64. The number of rotatable bonds is 2. The SMILES string of the molecule is Cc1cccc([N+](=O)[O-])c1N1CC(N)C1. The Morgan fingerprint density at radius 1 is 1.53 bits per heavy atom. The van der Waals surface area contributed by atoms with Gasteiger partial charge in [0.1, 0.15) is 5.69 Å². The third-order valence-corrected chi connectivity index (χ3v) is 2.64. The van der Waals surface area contributed by atoms with E-state index >= 15 is 0 Å². The first-order chi connectivity index (χ1) is 7.09. The molecule has 0 saturated carbocycles. The van der Waals surface area contributed by atoms with Gasteiger partial charge in [0.25, 0.3) is 5.69 Å². The molecular weight excluding hydrogens is 194 g/mol. The Bertz CT molecular complexity index is 400. The summed E-state index contributed by atoms with van der Waals surface area (Å²) in [6.07, 6.45) is 0. The van der Waals surface area contributed by atoms with Gasteiger partial charge in [-0.15, -0.1) is 0 Å². The summed E-state index contributed by atoms with van der Waals surface area (Å²) in [5.74, 6) is 0. The average Bonchev–Trinajstić information content (AvgIpc) is 2.13. The van der Waals surface area contributed by atoms with E-state index < -0.39 is 0 Å². The highest BCUT2D eigenvalue weighted by Crippen LogP contribution is 2.33. The molecule has 1 heterocycles. The molecule has 0 amide bonds. The Kier molecular flexibility index (Phi) is 2.32. The Hall–Kier alpha value is -1.62. The zero-order chi connectivity index (χ0) is 11.0. The summed E-state index contributed by atoms with van der Waals surface area (Å²) in [5.41, 5.74) is 7.48. The molecule has 80 valence electrons. The lowest BCUT2D eigenvalue weighted by atomic mass is 10.0. The highest BCUT2D eigenvalue weighted by molar-refractivity contribution is 5.69. The van der Waals surface area contributed by atoms with Crippen molar-refractivity contribution in [2.45, 2.75) is 13.0 Å². The minimum absolute atomic E-state index is 0.143. The Labute approximate surface area is 87.6 Å². The van der Waals surface area contributed by atoms with Crippen molar-refractivity contribution in [1.29, 1.82) is 0 Å².